The average molecular weight is 300 g/mol. The second-order valence-corrected chi connectivity index (χ2v) is 6.43. The summed E-state index contributed by atoms with van der Waals surface area (Å²) in [5, 5.41) is 7.89. The Bertz CT molecular complexity index is 582. The van der Waals surface area contributed by atoms with Crippen molar-refractivity contribution in [3.63, 3.8) is 0 Å². The molecule has 0 aliphatic heterocycles. The second-order valence-electron chi connectivity index (χ2n) is 4.90. The van der Waals surface area contributed by atoms with Crippen LogP contribution in [0.3, 0.4) is 0 Å². The van der Waals surface area contributed by atoms with Crippen LogP contribution in [0, 0.1) is 5.92 Å². The van der Waals surface area contributed by atoms with Gasteiger partial charge in [-0.2, -0.15) is 0 Å². The van der Waals surface area contributed by atoms with E-state index in [2.05, 4.69) is 5.32 Å². The highest BCUT2D eigenvalue weighted by Crippen LogP contribution is 2.23. The van der Waals surface area contributed by atoms with E-state index >= 15 is 0 Å². The van der Waals surface area contributed by atoms with E-state index < -0.39 is 10.0 Å². The van der Waals surface area contributed by atoms with Crippen LogP contribution in [0.4, 0.5) is 0 Å². The SMILES string of the molecule is COc1ccc(CC(=O)NCC(C)C)cc1S(N)(=O)=O. The molecule has 0 bridgehead atoms. The Kier molecular flexibility index (Phi) is 5.52. The van der Waals surface area contributed by atoms with Crippen LogP contribution in [-0.2, 0) is 21.2 Å². The lowest BCUT2D eigenvalue weighted by Crippen LogP contribution is -2.28. The predicted octanol–water partition coefficient (Wildman–Crippen LogP) is 0.657. The Labute approximate surface area is 119 Å². The number of ether oxygens (including phenoxy) is 1. The normalized spacial score (nSPS) is 11.4. The van der Waals surface area contributed by atoms with Gasteiger partial charge in [-0.25, -0.2) is 13.6 Å². The fourth-order valence-corrected chi connectivity index (χ4v) is 2.37. The third-order valence-corrected chi connectivity index (χ3v) is 3.54. The van der Waals surface area contributed by atoms with Gasteiger partial charge in [-0.1, -0.05) is 19.9 Å². The van der Waals surface area contributed by atoms with Crippen molar-refractivity contribution >= 4 is 15.9 Å². The molecule has 0 heterocycles. The number of carbonyl (C=O) groups excluding carboxylic acids is 1. The Morgan fingerprint density at radius 2 is 2.05 bits per heavy atom. The molecule has 0 aliphatic rings. The van der Waals surface area contributed by atoms with Crippen molar-refractivity contribution < 1.29 is 17.9 Å². The van der Waals surface area contributed by atoms with Crippen molar-refractivity contribution in [3.8, 4) is 5.75 Å². The van der Waals surface area contributed by atoms with Crippen molar-refractivity contribution in [1.29, 1.82) is 0 Å². The lowest BCUT2D eigenvalue weighted by Gasteiger charge is -2.10. The van der Waals surface area contributed by atoms with E-state index in [1.165, 1.54) is 19.2 Å². The molecule has 0 aromatic heterocycles. The summed E-state index contributed by atoms with van der Waals surface area (Å²) in [6.07, 6.45) is 0.0965. The molecule has 0 spiro atoms. The quantitative estimate of drug-likeness (QED) is 0.806. The van der Waals surface area contributed by atoms with Crippen LogP contribution in [0.1, 0.15) is 19.4 Å². The van der Waals surface area contributed by atoms with E-state index in [-0.39, 0.29) is 23.0 Å². The van der Waals surface area contributed by atoms with Crippen molar-refractivity contribution in [1.82, 2.24) is 5.32 Å². The van der Waals surface area contributed by atoms with E-state index in [1.54, 1.807) is 6.07 Å². The van der Waals surface area contributed by atoms with Gasteiger partial charge in [0.15, 0.2) is 0 Å². The second kappa shape index (κ2) is 6.71. The lowest BCUT2D eigenvalue weighted by atomic mass is 10.1. The predicted molar refractivity (Wildman–Crippen MR) is 75.9 cm³/mol. The third-order valence-electron chi connectivity index (χ3n) is 2.61. The van der Waals surface area contributed by atoms with E-state index in [0.717, 1.165) is 0 Å². The molecule has 1 rings (SSSR count). The summed E-state index contributed by atoms with van der Waals surface area (Å²) in [5.41, 5.74) is 0.566. The highest BCUT2D eigenvalue weighted by Gasteiger charge is 2.16. The minimum atomic E-state index is -3.89. The number of hydrogen-bond acceptors (Lipinski definition) is 4. The zero-order valence-corrected chi connectivity index (χ0v) is 12.7. The maximum absolute atomic E-state index is 11.7. The first-order valence-corrected chi connectivity index (χ1v) is 7.75. The Morgan fingerprint density at radius 3 is 2.55 bits per heavy atom. The molecular weight excluding hydrogens is 280 g/mol. The zero-order valence-electron chi connectivity index (χ0n) is 11.8. The molecule has 0 fully saturated rings. The van der Waals surface area contributed by atoms with Crippen LogP contribution >= 0.6 is 0 Å². The van der Waals surface area contributed by atoms with Gasteiger partial charge in [-0.15, -0.1) is 0 Å². The Hall–Kier alpha value is -1.60. The van der Waals surface area contributed by atoms with Gasteiger partial charge >= 0.3 is 0 Å². The molecule has 0 atom stereocenters. The Balaban J connectivity index is 2.90. The fraction of sp³-hybridized carbons (Fsp3) is 0.462. The number of nitrogens with one attached hydrogen (secondary N) is 1. The summed E-state index contributed by atoms with van der Waals surface area (Å²) in [6.45, 7) is 4.57. The molecule has 1 aromatic rings. The number of amides is 1. The molecule has 1 amide bonds. The monoisotopic (exact) mass is 300 g/mol. The number of benzene rings is 1. The number of hydrogen-bond donors (Lipinski definition) is 2. The third kappa shape index (κ3) is 4.82. The van der Waals surface area contributed by atoms with E-state index in [1.807, 2.05) is 13.8 Å². The van der Waals surface area contributed by atoms with Crippen LogP contribution in [0.5, 0.6) is 5.75 Å². The average Bonchev–Trinajstić information content (AvgIpc) is 2.35. The van der Waals surface area contributed by atoms with Gasteiger partial charge in [0.25, 0.3) is 0 Å². The van der Waals surface area contributed by atoms with Gasteiger partial charge in [0.05, 0.1) is 13.5 Å². The zero-order chi connectivity index (χ0) is 15.3. The molecule has 20 heavy (non-hydrogen) atoms. The summed E-state index contributed by atoms with van der Waals surface area (Å²) >= 11 is 0. The van der Waals surface area contributed by atoms with Gasteiger partial charge in [-0.05, 0) is 23.6 Å². The molecule has 6 nitrogen and oxygen atoms in total. The molecular formula is C13H20N2O4S. The minimum absolute atomic E-state index is 0.0965. The standard InChI is InChI=1S/C13H20N2O4S/c1-9(2)8-15-13(16)7-10-4-5-11(19-3)12(6-10)20(14,17)18/h4-6,9H,7-8H2,1-3H3,(H,15,16)(H2,14,17,18). The molecule has 0 radical (unpaired) electrons. The molecule has 0 aliphatic carbocycles. The highest BCUT2D eigenvalue weighted by molar-refractivity contribution is 7.89. The number of sulfonamides is 1. The highest BCUT2D eigenvalue weighted by atomic mass is 32.2. The van der Waals surface area contributed by atoms with Crippen LogP contribution in [0.2, 0.25) is 0 Å². The summed E-state index contributed by atoms with van der Waals surface area (Å²) < 4.78 is 27.9. The summed E-state index contributed by atoms with van der Waals surface area (Å²) in [4.78, 5) is 11.6. The molecule has 1 aromatic carbocycles. The summed E-state index contributed by atoms with van der Waals surface area (Å²) in [7, 11) is -2.53. The maximum Gasteiger partial charge on any atom is 0.241 e. The van der Waals surface area contributed by atoms with Gasteiger partial charge < -0.3 is 10.1 Å². The first kappa shape index (κ1) is 16.5. The molecule has 0 saturated carbocycles. The number of primary sulfonamides is 1. The van der Waals surface area contributed by atoms with E-state index in [0.29, 0.717) is 18.0 Å². The largest absolute Gasteiger partial charge is 0.495 e. The summed E-state index contributed by atoms with van der Waals surface area (Å²) in [6, 6.07) is 4.50. The van der Waals surface area contributed by atoms with Crippen molar-refractivity contribution in [2.45, 2.75) is 25.2 Å². The van der Waals surface area contributed by atoms with Gasteiger partial charge in [0.1, 0.15) is 10.6 Å². The van der Waals surface area contributed by atoms with Crippen molar-refractivity contribution in [2.24, 2.45) is 11.1 Å². The van der Waals surface area contributed by atoms with Crippen LogP contribution in [0.25, 0.3) is 0 Å². The molecule has 7 heteroatoms. The first-order chi connectivity index (χ1) is 9.24. The number of nitrogens with two attached hydrogens (primary N) is 1. The number of methoxy groups -OCH3 is 1. The van der Waals surface area contributed by atoms with Crippen molar-refractivity contribution in [2.75, 3.05) is 13.7 Å². The van der Waals surface area contributed by atoms with Gasteiger partial charge in [0, 0.05) is 6.54 Å². The number of carbonyl (C=O) groups is 1. The van der Waals surface area contributed by atoms with Gasteiger partial charge in [-0.3, -0.25) is 4.79 Å². The van der Waals surface area contributed by atoms with E-state index in [4.69, 9.17) is 9.88 Å². The van der Waals surface area contributed by atoms with Crippen LogP contribution in [-0.4, -0.2) is 28.0 Å². The minimum Gasteiger partial charge on any atom is -0.495 e. The molecule has 3 N–H and O–H groups in total. The topological polar surface area (TPSA) is 98.5 Å². The Morgan fingerprint density at radius 1 is 1.40 bits per heavy atom. The molecule has 0 unspecified atom stereocenters. The van der Waals surface area contributed by atoms with Crippen LogP contribution < -0.4 is 15.2 Å². The first-order valence-electron chi connectivity index (χ1n) is 6.20. The summed E-state index contributed by atoms with van der Waals surface area (Å²) in [5.74, 6) is 0.359. The maximum atomic E-state index is 11.7. The molecule has 0 saturated heterocycles. The lowest BCUT2D eigenvalue weighted by molar-refractivity contribution is -0.120. The smallest absolute Gasteiger partial charge is 0.241 e. The fourth-order valence-electron chi connectivity index (χ4n) is 1.62. The van der Waals surface area contributed by atoms with Crippen LogP contribution in [0.15, 0.2) is 23.1 Å². The van der Waals surface area contributed by atoms with Crippen molar-refractivity contribution in [3.05, 3.63) is 23.8 Å². The molecule has 112 valence electrons. The number of rotatable bonds is 6. The van der Waals surface area contributed by atoms with Gasteiger partial charge in [0.2, 0.25) is 15.9 Å². The van der Waals surface area contributed by atoms with E-state index in [9.17, 15) is 13.2 Å².